The predicted molar refractivity (Wildman–Crippen MR) is 53.3 cm³/mol. The molecule has 0 aromatic heterocycles. The van der Waals surface area contributed by atoms with Crippen molar-refractivity contribution in [3.63, 3.8) is 0 Å². The van der Waals surface area contributed by atoms with Crippen LogP contribution in [0.25, 0.3) is 0 Å². The summed E-state index contributed by atoms with van der Waals surface area (Å²) in [6, 6.07) is 8.69. The Morgan fingerprint density at radius 2 is 1.94 bits per heavy atom. The Morgan fingerprint density at radius 1 is 1.31 bits per heavy atom. The summed E-state index contributed by atoms with van der Waals surface area (Å²) in [4.78, 5) is 21.7. The molecule has 0 aliphatic rings. The van der Waals surface area contributed by atoms with Crippen molar-refractivity contribution in [2.24, 2.45) is 0 Å². The zero-order chi connectivity index (χ0) is 12.0. The zero-order valence-electron chi connectivity index (χ0n) is 8.04. The van der Waals surface area contributed by atoms with Crippen LogP contribution in [0.3, 0.4) is 0 Å². The zero-order valence-corrected chi connectivity index (χ0v) is 8.86. The summed E-state index contributed by atoms with van der Waals surface area (Å²) >= 11 is -2.81. The number of nitrogens with one attached hydrogen (secondary N) is 1. The van der Waals surface area contributed by atoms with Crippen LogP contribution < -0.4 is 4.72 Å². The van der Waals surface area contributed by atoms with Gasteiger partial charge in [0.15, 0.2) is 0 Å². The minimum absolute atomic E-state index is 0.0847. The van der Waals surface area contributed by atoms with E-state index < -0.39 is 23.1 Å². The maximum atomic E-state index is 10.9. The molecule has 1 aromatic carbocycles. The first-order valence-electron chi connectivity index (χ1n) is 4.20. The quantitative estimate of drug-likeness (QED) is 0.443. The van der Waals surface area contributed by atoms with Crippen molar-refractivity contribution in [2.75, 3.05) is 0 Å². The van der Waals surface area contributed by atoms with Crippen molar-refractivity contribution in [3.8, 4) is 0 Å². The van der Waals surface area contributed by atoms with Gasteiger partial charge in [-0.2, -0.15) is 0 Å². The topological polar surface area (TPSA) is 95.5 Å². The van der Waals surface area contributed by atoms with Gasteiger partial charge in [0.05, 0.1) is 0 Å². The van der Waals surface area contributed by atoms with Crippen LogP contribution in [0.4, 0.5) is 0 Å². The lowest BCUT2D eigenvalue weighted by atomic mass is 10.2. The maximum Gasteiger partial charge on any atom is 0.398 e. The second kappa shape index (κ2) is 5.99. The van der Waals surface area contributed by atoms with E-state index in [1.165, 1.54) is 4.72 Å². The van der Waals surface area contributed by atoms with Crippen LogP contribution in [-0.4, -0.2) is 20.6 Å². The molecular formula is C9H8NO5S-. The van der Waals surface area contributed by atoms with Gasteiger partial charge in [0.25, 0.3) is 0 Å². The van der Waals surface area contributed by atoms with Crippen molar-refractivity contribution in [1.29, 1.82) is 0 Å². The fourth-order valence-electron chi connectivity index (χ4n) is 0.906. The number of carbonyl (C=O) groups excluding carboxylic acids is 2. The first-order valence-corrected chi connectivity index (χ1v) is 5.28. The van der Waals surface area contributed by atoms with Gasteiger partial charge in [-0.25, -0.2) is 4.79 Å². The van der Waals surface area contributed by atoms with Crippen LogP contribution in [0, 0.1) is 0 Å². The largest absolute Gasteiger partial charge is 0.755 e. The highest BCUT2D eigenvalue weighted by atomic mass is 32.2. The van der Waals surface area contributed by atoms with E-state index in [2.05, 4.69) is 4.74 Å². The first-order chi connectivity index (χ1) is 7.59. The molecule has 6 nitrogen and oxygen atoms in total. The van der Waals surface area contributed by atoms with E-state index in [-0.39, 0.29) is 6.61 Å². The SMILES string of the molecule is O=C(NS(=O)[O-])C(=O)OCc1ccccc1. The van der Waals surface area contributed by atoms with E-state index in [9.17, 15) is 18.4 Å². The van der Waals surface area contributed by atoms with Crippen molar-refractivity contribution >= 4 is 23.1 Å². The average molecular weight is 242 g/mol. The van der Waals surface area contributed by atoms with E-state index in [1.807, 2.05) is 0 Å². The Kier molecular flexibility index (Phi) is 4.62. The fraction of sp³-hybridized carbons (Fsp3) is 0.111. The third-order valence-corrected chi connectivity index (χ3v) is 1.93. The summed E-state index contributed by atoms with van der Waals surface area (Å²) in [6.45, 7) is -0.0847. The van der Waals surface area contributed by atoms with Gasteiger partial charge in [0, 0.05) is 11.3 Å². The normalized spacial score (nSPS) is 11.6. The van der Waals surface area contributed by atoms with Gasteiger partial charge in [-0.15, -0.1) is 0 Å². The van der Waals surface area contributed by atoms with Crippen molar-refractivity contribution in [1.82, 2.24) is 4.72 Å². The van der Waals surface area contributed by atoms with Gasteiger partial charge in [0.1, 0.15) is 6.61 Å². The van der Waals surface area contributed by atoms with Gasteiger partial charge in [-0.1, -0.05) is 30.3 Å². The average Bonchev–Trinajstić information content (AvgIpc) is 2.26. The summed E-state index contributed by atoms with van der Waals surface area (Å²) in [5.41, 5.74) is 0.701. The first kappa shape index (κ1) is 12.3. The minimum atomic E-state index is -2.81. The van der Waals surface area contributed by atoms with Crippen LogP contribution >= 0.6 is 0 Å². The molecule has 0 radical (unpaired) electrons. The van der Waals surface area contributed by atoms with E-state index >= 15 is 0 Å². The second-order valence-electron chi connectivity index (χ2n) is 2.73. The molecule has 16 heavy (non-hydrogen) atoms. The number of ether oxygens (including phenoxy) is 1. The van der Waals surface area contributed by atoms with E-state index in [0.717, 1.165) is 0 Å². The molecule has 0 saturated carbocycles. The van der Waals surface area contributed by atoms with Crippen LogP contribution in [0.5, 0.6) is 0 Å². The lowest BCUT2D eigenvalue weighted by molar-refractivity contribution is -0.155. The number of amides is 1. The van der Waals surface area contributed by atoms with Crippen molar-refractivity contribution < 1.29 is 23.1 Å². The van der Waals surface area contributed by atoms with Gasteiger partial charge in [0.2, 0.25) is 0 Å². The standard InChI is InChI=1S/C9H9NO5S/c11-8(10-16(13)14)9(12)15-6-7-4-2-1-3-5-7/h1-5H,6H2,(H,10,11)(H,13,14)/p-1. The molecule has 0 aliphatic carbocycles. The van der Waals surface area contributed by atoms with E-state index in [1.54, 1.807) is 30.3 Å². The Labute approximate surface area is 94.0 Å². The number of benzene rings is 1. The van der Waals surface area contributed by atoms with Crippen LogP contribution in [0.15, 0.2) is 30.3 Å². The number of rotatable bonds is 3. The summed E-state index contributed by atoms with van der Waals surface area (Å²) in [5.74, 6) is -2.56. The Hall–Kier alpha value is -1.73. The van der Waals surface area contributed by atoms with Gasteiger partial charge in [-0.05, 0) is 5.56 Å². The maximum absolute atomic E-state index is 10.9. The molecule has 1 atom stereocenters. The Bertz CT molecular complexity index is 406. The molecule has 0 bridgehead atoms. The lowest BCUT2D eigenvalue weighted by Gasteiger charge is -2.07. The number of carbonyl (C=O) groups is 2. The molecule has 1 unspecified atom stereocenters. The summed E-state index contributed by atoms with van der Waals surface area (Å²) in [6.07, 6.45) is 0. The molecule has 0 fully saturated rings. The number of esters is 1. The molecule has 7 heteroatoms. The van der Waals surface area contributed by atoms with Crippen molar-refractivity contribution in [3.05, 3.63) is 35.9 Å². The highest BCUT2D eigenvalue weighted by Gasteiger charge is 2.14. The molecule has 0 heterocycles. The van der Waals surface area contributed by atoms with Gasteiger partial charge >= 0.3 is 11.9 Å². The monoisotopic (exact) mass is 242 g/mol. The lowest BCUT2D eigenvalue weighted by Crippen LogP contribution is -2.33. The Morgan fingerprint density at radius 3 is 2.50 bits per heavy atom. The highest BCUT2D eigenvalue weighted by molar-refractivity contribution is 7.77. The molecule has 1 amide bonds. The van der Waals surface area contributed by atoms with Crippen LogP contribution in [-0.2, 0) is 32.2 Å². The summed E-state index contributed by atoms with van der Waals surface area (Å²) < 4.78 is 26.0. The molecule has 0 saturated heterocycles. The third kappa shape index (κ3) is 4.20. The molecular weight excluding hydrogens is 234 g/mol. The molecule has 0 spiro atoms. The predicted octanol–water partition coefficient (Wildman–Crippen LogP) is -0.360. The van der Waals surface area contributed by atoms with Gasteiger partial charge < -0.3 is 9.29 Å². The summed E-state index contributed by atoms with van der Waals surface area (Å²) in [5, 5.41) is 0. The molecule has 1 N–H and O–H groups in total. The number of hydrogen-bond acceptors (Lipinski definition) is 5. The van der Waals surface area contributed by atoms with Crippen molar-refractivity contribution in [2.45, 2.75) is 6.61 Å². The van der Waals surface area contributed by atoms with E-state index in [4.69, 9.17) is 0 Å². The molecule has 86 valence electrons. The second-order valence-corrected chi connectivity index (χ2v) is 3.40. The molecule has 1 rings (SSSR count). The van der Waals surface area contributed by atoms with Crippen LogP contribution in [0.1, 0.15) is 5.56 Å². The summed E-state index contributed by atoms with van der Waals surface area (Å²) in [7, 11) is 0. The third-order valence-electron chi connectivity index (χ3n) is 1.57. The highest BCUT2D eigenvalue weighted by Crippen LogP contribution is 2.00. The minimum Gasteiger partial charge on any atom is -0.755 e. The molecule has 0 aliphatic heterocycles. The van der Waals surface area contributed by atoms with E-state index in [0.29, 0.717) is 5.56 Å². The Balaban J connectivity index is 2.41. The van der Waals surface area contributed by atoms with Gasteiger partial charge in [-0.3, -0.25) is 13.7 Å². The smallest absolute Gasteiger partial charge is 0.398 e. The van der Waals surface area contributed by atoms with Crippen LogP contribution in [0.2, 0.25) is 0 Å². The fourth-order valence-corrected chi connectivity index (χ4v) is 1.14. The molecule has 1 aromatic rings. The number of hydrogen-bond donors (Lipinski definition) is 1.